The molecule has 1 fully saturated rings. The predicted octanol–water partition coefficient (Wildman–Crippen LogP) is 2.44. The average Bonchev–Trinajstić information content (AvgIpc) is 3.04. The van der Waals surface area contributed by atoms with Gasteiger partial charge < -0.3 is 4.74 Å². The van der Waals surface area contributed by atoms with E-state index in [0.29, 0.717) is 18.1 Å². The molecule has 1 aliphatic heterocycles. The van der Waals surface area contributed by atoms with Gasteiger partial charge in [0.05, 0.1) is 0 Å². The van der Waals surface area contributed by atoms with E-state index in [1.54, 1.807) is 0 Å². The highest BCUT2D eigenvalue weighted by atomic mass is 32.1. The van der Waals surface area contributed by atoms with Crippen LogP contribution in [0.15, 0.2) is 0 Å². The summed E-state index contributed by atoms with van der Waals surface area (Å²) in [7, 11) is 0. The monoisotopic (exact) mass is 326 g/mol. The Morgan fingerprint density at radius 2 is 2.14 bits per heavy atom. The van der Waals surface area contributed by atoms with Crippen LogP contribution in [0.4, 0.5) is 9.93 Å². The highest BCUT2D eigenvalue weighted by Gasteiger charge is 2.36. The zero-order valence-corrected chi connectivity index (χ0v) is 14.2. The molecule has 0 spiro atoms. The lowest BCUT2D eigenvalue weighted by atomic mass is 10.2. The van der Waals surface area contributed by atoms with Gasteiger partial charge >= 0.3 is 6.09 Å². The van der Waals surface area contributed by atoms with E-state index in [-0.39, 0.29) is 5.91 Å². The van der Waals surface area contributed by atoms with Crippen molar-refractivity contribution in [3.8, 4) is 0 Å². The molecule has 1 aromatic heterocycles. The molecule has 1 saturated heterocycles. The van der Waals surface area contributed by atoms with Gasteiger partial charge in [-0.1, -0.05) is 18.3 Å². The fourth-order valence-corrected chi connectivity index (χ4v) is 2.90. The third-order valence-corrected chi connectivity index (χ3v) is 4.17. The lowest BCUT2D eigenvalue weighted by Crippen LogP contribution is -2.45. The number of rotatable bonds is 3. The highest BCUT2D eigenvalue weighted by Crippen LogP contribution is 2.23. The molecule has 122 valence electrons. The third-order valence-electron chi connectivity index (χ3n) is 3.18. The molecule has 0 aliphatic carbocycles. The van der Waals surface area contributed by atoms with Crippen LogP contribution in [0, 0.1) is 0 Å². The Bertz CT molecular complexity index is 553. The molecule has 0 saturated carbocycles. The topological polar surface area (TPSA) is 84.4 Å². The third kappa shape index (κ3) is 4.16. The number of carbonyl (C=O) groups is 2. The summed E-state index contributed by atoms with van der Waals surface area (Å²) in [6.45, 7) is 7.94. The van der Waals surface area contributed by atoms with E-state index in [0.717, 1.165) is 17.8 Å². The van der Waals surface area contributed by atoms with Gasteiger partial charge in [-0.25, -0.2) is 4.79 Å². The Balaban J connectivity index is 2.00. The zero-order valence-electron chi connectivity index (χ0n) is 13.4. The fourth-order valence-electron chi connectivity index (χ4n) is 2.21. The number of nitrogens with zero attached hydrogens (tertiary/aromatic N) is 3. The number of amides is 2. The quantitative estimate of drug-likeness (QED) is 0.922. The van der Waals surface area contributed by atoms with Gasteiger partial charge in [-0.2, -0.15) is 0 Å². The molecule has 2 heterocycles. The molecule has 7 nitrogen and oxygen atoms in total. The first kappa shape index (κ1) is 16.7. The summed E-state index contributed by atoms with van der Waals surface area (Å²) in [5.74, 6) is -0.234. The van der Waals surface area contributed by atoms with Gasteiger partial charge in [0.25, 0.3) is 0 Å². The van der Waals surface area contributed by atoms with Crippen molar-refractivity contribution in [3.63, 3.8) is 0 Å². The van der Waals surface area contributed by atoms with E-state index < -0.39 is 17.7 Å². The largest absolute Gasteiger partial charge is 0.444 e. The maximum absolute atomic E-state index is 12.4. The number of aryl methyl sites for hydroxylation is 1. The van der Waals surface area contributed by atoms with Crippen molar-refractivity contribution in [3.05, 3.63) is 5.01 Å². The van der Waals surface area contributed by atoms with Crippen LogP contribution < -0.4 is 5.32 Å². The average molecular weight is 326 g/mol. The summed E-state index contributed by atoms with van der Waals surface area (Å²) < 4.78 is 5.36. The normalized spacial score (nSPS) is 18.4. The molecule has 0 aromatic carbocycles. The van der Waals surface area contributed by atoms with Gasteiger partial charge in [0.1, 0.15) is 16.7 Å². The number of ether oxygens (including phenoxy) is 1. The lowest BCUT2D eigenvalue weighted by molar-refractivity contribution is -0.120. The minimum absolute atomic E-state index is 0.234. The number of aromatic nitrogens is 2. The smallest absolute Gasteiger partial charge is 0.410 e. The number of carbonyl (C=O) groups excluding carboxylic acids is 2. The molecular formula is C14H22N4O3S. The van der Waals surface area contributed by atoms with Crippen molar-refractivity contribution in [2.75, 3.05) is 11.9 Å². The highest BCUT2D eigenvalue weighted by molar-refractivity contribution is 7.15. The van der Waals surface area contributed by atoms with Gasteiger partial charge in [-0.3, -0.25) is 15.0 Å². The van der Waals surface area contributed by atoms with E-state index in [4.69, 9.17) is 4.74 Å². The van der Waals surface area contributed by atoms with Crippen molar-refractivity contribution in [2.24, 2.45) is 0 Å². The van der Waals surface area contributed by atoms with Crippen LogP contribution in [0.25, 0.3) is 0 Å². The Hall–Kier alpha value is -1.70. The Morgan fingerprint density at radius 3 is 2.73 bits per heavy atom. The summed E-state index contributed by atoms with van der Waals surface area (Å²) in [6, 6.07) is -0.510. The number of hydrogen-bond donors (Lipinski definition) is 1. The molecule has 1 atom stereocenters. The summed E-state index contributed by atoms with van der Waals surface area (Å²) in [6.07, 6.45) is 1.75. The second-order valence-corrected chi connectivity index (χ2v) is 7.24. The molecule has 22 heavy (non-hydrogen) atoms. The number of hydrogen-bond acceptors (Lipinski definition) is 6. The van der Waals surface area contributed by atoms with Crippen LogP contribution in [0.1, 0.15) is 45.5 Å². The van der Waals surface area contributed by atoms with E-state index in [1.165, 1.54) is 16.2 Å². The van der Waals surface area contributed by atoms with Crippen molar-refractivity contribution in [2.45, 2.75) is 58.6 Å². The number of nitrogens with one attached hydrogen (secondary N) is 1. The van der Waals surface area contributed by atoms with Crippen LogP contribution in [0.2, 0.25) is 0 Å². The predicted molar refractivity (Wildman–Crippen MR) is 83.9 cm³/mol. The van der Waals surface area contributed by atoms with E-state index in [2.05, 4.69) is 15.5 Å². The molecule has 1 aromatic rings. The van der Waals surface area contributed by atoms with Gasteiger partial charge in [-0.05, 0) is 40.0 Å². The van der Waals surface area contributed by atoms with Crippen molar-refractivity contribution >= 4 is 28.5 Å². The summed E-state index contributed by atoms with van der Waals surface area (Å²) in [5.41, 5.74) is -0.573. The SMILES string of the molecule is CCc1nnc(NC(=O)[C@H]2CCCN2C(=O)OC(C)(C)C)s1. The minimum Gasteiger partial charge on any atom is -0.444 e. The van der Waals surface area contributed by atoms with Gasteiger partial charge in [0, 0.05) is 6.54 Å². The summed E-state index contributed by atoms with van der Waals surface area (Å²) >= 11 is 1.35. The molecule has 1 aliphatic rings. The van der Waals surface area contributed by atoms with E-state index in [9.17, 15) is 9.59 Å². The standard InChI is InChI=1S/C14H22N4O3S/c1-5-10-16-17-12(22-10)15-11(19)9-7-6-8-18(9)13(20)21-14(2,3)4/h9H,5-8H2,1-4H3,(H,15,17,19)/t9-/m1/s1. The first-order valence-corrected chi connectivity index (χ1v) is 8.24. The number of likely N-dealkylation sites (tertiary alicyclic amines) is 1. The van der Waals surface area contributed by atoms with Gasteiger partial charge in [0.15, 0.2) is 0 Å². The Morgan fingerprint density at radius 1 is 1.41 bits per heavy atom. The Labute approximate surface area is 134 Å². The molecule has 0 unspecified atom stereocenters. The van der Waals surface area contributed by atoms with Crippen LogP contribution in [-0.2, 0) is 16.0 Å². The zero-order chi connectivity index (χ0) is 16.3. The summed E-state index contributed by atoms with van der Waals surface area (Å²) in [4.78, 5) is 26.0. The molecule has 0 bridgehead atoms. The van der Waals surface area contributed by atoms with E-state index >= 15 is 0 Å². The second-order valence-electron chi connectivity index (χ2n) is 6.18. The van der Waals surface area contributed by atoms with Gasteiger partial charge in [-0.15, -0.1) is 10.2 Å². The van der Waals surface area contributed by atoms with Crippen LogP contribution >= 0.6 is 11.3 Å². The molecule has 2 amide bonds. The van der Waals surface area contributed by atoms with Crippen LogP contribution in [0.3, 0.4) is 0 Å². The lowest BCUT2D eigenvalue weighted by Gasteiger charge is -2.27. The minimum atomic E-state index is -0.573. The number of anilines is 1. The van der Waals surface area contributed by atoms with Crippen molar-refractivity contribution in [1.29, 1.82) is 0 Å². The molecule has 8 heteroatoms. The first-order chi connectivity index (χ1) is 10.3. The second kappa shape index (κ2) is 6.60. The van der Waals surface area contributed by atoms with Crippen LogP contribution in [-0.4, -0.2) is 45.3 Å². The van der Waals surface area contributed by atoms with E-state index in [1.807, 2.05) is 27.7 Å². The molecule has 2 rings (SSSR count). The fraction of sp³-hybridized carbons (Fsp3) is 0.714. The summed E-state index contributed by atoms with van der Waals surface area (Å²) in [5, 5.41) is 12.0. The Kier molecular flexibility index (Phi) is 5.00. The van der Waals surface area contributed by atoms with Gasteiger partial charge in [0.2, 0.25) is 11.0 Å². The molecule has 0 radical (unpaired) electrons. The molecule has 1 N–H and O–H groups in total. The van der Waals surface area contributed by atoms with Crippen molar-refractivity contribution < 1.29 is 14.3 Å². The van der Waals surface area contributed by atoms with Crippen LogP contribution in [0.5, 0.6) is 0 Å². The first-order valence-electron chi connectivity index (χ1n) is 7.43. The maximum Gasteiger partial charge on any atom is 0.410 e. The van der Waals surface area contributed by atoms with Crippen molar-refractivity contribution in [1.82, 2.24) is 15.1 Å². The maximum atomic E-state index is 12.4. The molecular weight excluding hydrogens is 304 g/mol.